The lowest BCUT2D eigenvalue weighted by Gasteiger charge is -2.16. The normalized spacial score (nSPS) is 20.2. The van der Waals surface area contributed by atoms with E-state index in [9.17, 15) is 8.42 Å². The molecule has 0 aromatic carbocycles. The molecule has 1 unspecified atom stereocenters. The SMILES string of the molecule is CCCNc1ncc(S(=O)(=O)N2CCC(C)C2)cc1Cl. The Bertz CT molecular complexity index is 577. The molecule has 112 valence electrons. The van der Waals surface area contributed by atoms with Crippen molar-refractivity contribution >= 4 is 27.4 Å². The summed E-state index contributed by atoms with van der Waals surface area (Å²) in [4.78, 5) is 4.29. The van der Waals surface area contributed by atoms with Crippen LogP contribution >= 0.6 is 11.6 Å². The topological polar surface area (TPSA) is 62.3 Å². The molecule has 2 heterocycles. The van der Waals surface area contributed by atoms with Gasteiger partial charge in [0.1, 0.15) is 10.7 Å². The van der Waals surface area contributed by atoms with Gasteiger partial charge in [-0.25, -0.2) is 13.4 Å². The number of aromatic nitrogens is 1. The Morgan fingerprint density at radius 2 is 2.30 bits per heavy atom. The van der Waals surface area contributed by atoms with E-state index in [0.717, 1.165) is 19.4 Å². The Morgan fingerprint density at radius 1 is 1.55 bits per heavy atom. The summed E-state index contributed by atoms with van der Waals surface area (Å²) in [6.45, 7) is 5.97. The summed E-state index contributed by atoms with van der Waals surface area (Å²) in [7, 11) is -3.47. The molecule has 1 aromatic rings. The number of hydrogen-bond acceptors (Lipinski definition) is 4. The summed E-state index contributed by atoms with van der Waals surface area (Å²) in [5.41, 5.74) is 0. The Kier molecular flexibility index (Phi) is 4.88. The van der Waals surface area contributed by atoms with Gasteiger partial charge in [0.05, 0.1) is 5.02 Å². The Labute approximate surface area is 125 Å². The third-order valence-corrected chi connectivity index (χ3v) is 5.50. The van der Waals surface area contributed by atoms with Gasteiger partial charge in [-0.05, 0) is 24.8 Å². The molecule has 0 aliphatic carbocycles. The Balaban J connectivity index is 2.22. The first kappa shape index (κ1) is 15.5. The molecule has 1 N–H and O–H groups in total. The molecular weight excluding hydrogens is 298 g/mol. The maximum absolute atomic E-state index is 12.5. The maximum Gasteiger partial charge on any atom is 0.244 e. The lowest BCUT2D eigenvalue weighted by molar-refractivity contribution is 0.464. The third kappa shape index (κ3) is 3.24. The van der Waals surface area contributed by atoms with Gasteiger partial charge >= 0.3 is 0 Å². The number of anilines is 1. The average Bonchev–Trinajstić information content (AvgIpc) is 2.84. The second kappa shape index (κ2) is 6.28. The highest BCUT2D eigenvalue weighted by atomic mass is 35.5. The standard InChI is InChI=1S/C13H20ClN3O2S/c1-3-5-15-13-12(14)7-11(8-16-13)20(18,19)17-6-4-10(2)9-17/h7-8,10H,3-6,9H2,1-2H3,(H,15,16). The summed E-state index contributed by atoms with van der Waals surface area (Å²) in [5, 5.41) is 3.41. The molecule has 0 radical (unpaired) electrons. The molecule has 2 rings (SSSR count). The van der Waals surface area contributed by atoms with E-state index in [4.69, 9.17) is 11.6 Å². The van der Waals surface area contributed by atoms with E-state index in [1.807, 2.05) is 6.92 Å². The largest absolute Gasteiger partial charge is 0.369 e. The van der Waals surface area contributed by atoms with E-state index >= 15 is 0 Å². The zero-order chi connectivity index (χ0) is 14.8. The highest BCUT2D eigenvalue weighted by Crippen LogP contribution is 2.27. The van der Waals surface area contributed by atoms with Gasteiger partial charge in [-0.2, -0.15) is 4.31 Å². The second-order valence-corrected chi connectivity index (χ2v) is 7.53. The number of rotatable bonds is 5. The number of nitrogens with zero attached hydrogens (tertiary/aromatic N) is 2. The van der Waals surface area contributed by atoms with Gasteiger partial charge in [0.25, 0.3) is 0 Å². The fourth-order valence-electron chi connectivity index (χ4n) is 2.20. The lowest BCUT2D eigenvalue weighted by Crippen LogP contribution is -2.28. The number of pyridine rings is 1. The van der Waals surface area contributed by atoms with Gasteiger partial charge in [0, 0.05) is 25.8 Å². The van der Waals surface area contributed by atoms with Crippen LogP contribution in [0.25, 0.3) is 0 Å². The van der Waals surface area contributed by atoms with Crippen molar-refractivity contribution in [3.05, 3.63) is 17.3 Å². The Hall–Kier alpha value is -0.850. The van der Waals surface area contributed by atoms with Crippen molar-refractivity contribution in [1.82, 2.24) is 9.29 Å². The third-order valence-electron chi connectivity index (χ3n) is 3.38. The van der Waals surface area contributed by atoms with E-state index in [1.54, 1.807) is 0 Å². The average molecular weight is 318 g/mol. The highest BCUT2D eigenvalue weighted by molar-refractivity contribution is 7.89. The molecule has 1 fully saturated rings. The van der Waals surface area contributed by atoms with Gasteiger partial charge < -0.3 is 5.32 Å². The smallest absolute Gasteiger partial charge is 0.244 e. The molecular formula is C13H20ClN3O2S. The van der Waals surface area contributed by atoms with Crippen molar-refractivity contribution in [2.45, 2.75) is 31.6 Å². The quantitative estimate of drug-likeness (QED) is 0.906. The fourth-order valence-corrected chi connectivity index (χ4v) is 4.04. The van der Waals surface area contributed by atoms with E-state index in [1.165, 1.54) is 16.6 Å². The fraction of sp³-hybridized carbons (Fsp3) is 0.615. The predicted octanol–water partition coefficient (Wildman–Crippen LogP) is 2.59. The van der Waals surface area contributed by atoms with Crippen LogP contribution in [0.2, 0.25) is 5.02 Å². The first-order valence-electron chi connectivity index (χ1n) is 6.84. The molecule has 7 heteroatoms. The molecule has 0 saturated carbocycles. The summed E-state index contributed by atoms with van der Waals surface area (Å²) >= 11 is 6.10. The van der Waals surface area contributed by atoms with Gasteiger partial charge in [-0.15, -0.1) is 0 Å². The summed E-state index contributed by atoms with van der Waals surface area (Å²) < 4.78 is 26.4. The van der Waals surface area contributed by atoms with Crippen LogP contribution in [0.1, 0.15) is 26.7 Å². The summed E-state index contributed by atoms with van der Waals surface area (Å²) in [6.07, 6.45) is 3.22. The van der Waals surface area contributed by atoms with Crippen molar-refractivity contribution in [3.8, 4) is 0 Å². The molecule has 1 aliphatic rings. The molecule has 0 spiro atoms. The highest BCUT2D eigenvalue weighted by Gasteiger charge is 2.31. The molecule has 1 saturated heterocycles. The van der Waals surface area contributed by atoms with Crippen LogP contribution in [-0.4, -0.2) is 37.3 Å². The van der Waals surface area contributed by atoms with Crippen LogP contribution in [0.5, 0.6) is 0 Å². The number of sulfonamides is 1. The number of halogens is 1. The zero-order valence-corrected chi connectivity index (χ0v) is 13.3. The van der Waals surface area contributed by atoms with E-state index in [-0.39, 0.29) is 4.90 Å². The van der Waals surface area contributed by atoms with Crippen LogP contribution in [0, 0.1) is 5.92 Å². The molecule has 20 heavy (non-hydrogen) atoms. The van der Waals surface area contributed by atoms with Crippen LogP contribution in [0.3, 0.4) is 0 Å². The minimum atomic E-state index is -3.47. The van der Waals surface area contributed by atoms with Crippen LogP contribution in [0.4, 0.5) is 5.82 Å². The summed E-state index contributed by atoms with van der Waals surface area (Å²) in [6, 6.07) is 1.48. The van der Waals surface area contributed by atoms with Crippen molar-refractivity contribution < 1.29 is 8.42 Å². The molecule has 1 aliphatic heterocycles. The predicted molar refractivity (Wildman–Crippen MR) is 80.6 cm³/mol. The van der Waals surface area contributed by atoms with Crippen molar-refractivity contribution in [3.63, 3.8) is 0 Å². The van der Waals surface area contributed by atoms with Crippen LogP contribution < -0.4 is 5.32 Å². The van der Waals surface area contributed by atoms with Gasteiger partial charge in [-0.3, -0.25) is 0 Å². The van der Waals surface area contributed by atoms with E-state index < -0.39 is 10.0 Å². The molecule has 0 amide bonds. The van der Waals surface area contributed by atoms with Crippen molar-refractivity contribution in [2.75, 3.05) is 25.0 Å². The van der Waals surface area contributed by atoms with Crippen LogP contribution in [0.15, 0.2) is 17.2 Å². The zero-order valence-electron chi connectivity index (χ0n) is 11.8. The van der Waals surface area contributed by atoms with Gasteiger partial charge in [-0.1, -0.05) is 25.4 Å². The number of hydrogen-bond donors (Lipinski definition) is 1. The first-order chi connectivity index (χ1) is 9.45. The molecule has 1 atom stereocenters. The number of nitrogens with one attached hydrogen (secondary N) is 1. The minimum absolute atomic E-state index is 0.165. The first-order valence-corrected chi connectivity index (χ1v) is 8.66. The van der Waals surface area contributed by atoms with Gasteiger partial charge in [0.2, 0.25) is 10.0 Å². The van der Waals surface area contributed by atoms with Crippen molar-refractivity contribution in [1.29, 1.82) is 0 Å². The monoisotopic (exact) mass is 317 g/mol. The van der Waals surface area contributed by atoms with Gasteiger partial charge in [0.15, 0.2) is 0 Å². The van der Waals surface area contributed by atoms with E-state index in [2.05, 4.69) is 17.2 Å². The van der Waals surface area contributed by atoms with E-state index in [0.29, 0.717) is 29.8 Å². The molecule has 1 aromatic heterocycles. The lowest BCUT2D eigenvalue weighted by atomic mass is 10.2. The second-order valence-electron chi connectivity index (χ2n) is 5.19. The van der Waals surface area contributed by atoms with Crippen molar-refractivity contribution in [2.24, 2.45) is 5.92 Å². The molecule has 0 bridgehead atoms. The maximum atomic E-state index is 12.5. The molecule has 5 nitrogen and oxygen atoms in total. The van der Waals surface area contributed by atoms with Crippen LogP contribution in [-0.2, 0) is 10.0 Å². The Morgan fingerprint density at radius 3 is 2.85 bits per heavy atom. The minimum Gasteiger partial charge on any atom is -0.369 e. The summed E-state index contributed by atoms with van der Waals surface area (Å²) in [5.74, 6) is 0.931.